The number of nitrogens with zero attached hydrogens (tertiary/aromatic N) is 1. The van der Waals surface area contributed by atoms with Gasteiger partial charge in [-0.3, -0.25) is 19.7 Å². The minimum Gasteiger partial charge on any atom is -0.481 e. The number of halogens is 2. The Morgan fingerprint density at radius 2 is 1.59 bits per heavy atom. The third-order valence-electron chi connectivity index (χ3n) is 6.20. The van der Waals surface area contributed by atoms with Gasteiger partial charge in [0.1, 0.15) is 11.3 Å². The highest BCUT2D eigenvalue weighted by atomic mass is 79.9. The summed E-state index contributed by atoms with van der Waals surface area (Å²) in [5.41, 5.74) is 5.25. The summed E-state index contributed by atoms with van der Waals surface area (Å²) in [5, 5.41) is 5.07. The lowest BCUT2D eigenvalue weighted by atomic mass is 10.1. The molecule has 0 spiro atoms. The Morgan fingerprint density at radius 3 is 2.26 bits per heavy atom. The Hall–Kier alpha value is -3.76. The molecule has 0 atom stereocenters. The number of ether oxygens (including phenoxy) is 1. The normalized spacial score (nSPS) is 14.5. The van der Waals surface area contributed by atoms with Crippen molar-refractivity contribution in [3.05, 3.63) is 90.9 Å². The Morgan fingerprint density at radius 1 is 0.923 bits per heavy atom. The van der Waals surface area contributed by atoms with Crippen LogP contribution in [-0.4, -0.2) is 30.4 Å². The van der Waals surface area contributed by atoms with Gasteiger partial charge in [-0.05, 0) is 124 Å². The predicted molar refractivity (Wildman–Crippen MR) is 157 cm³/mol. The van der Waals surface area contributed by atoms with Crippen molar-refractivity contribution < 1.29 is 23.9 Å². The molecule has 1 fully saturated rings. The summed E-state index contributed by atoms with van der Waals surface area (Å²) in [6.07, 6.45) is 1.39. The van der Waals surface area contributed by atoms with Crippen molar-refractivity contribution in [3.8, 4) is 5.75 Å². The molecule has 39 heavy (non-hydrogen) atoms. The number of amides is 5. The summed E-state index contributed by atoms with van der Waals surface area (Å²) in [7, 11) is 0. The average molecular weight is 655 g/mol. The second-order valence-electron chi connectivity index (χ2n) is 9.20. The number of hydrogen-bond acceptors (Lipinski definition) is 5. The van der Waals surface area contributed by atoms with Crippen molar-refractivity contribution in [2.45, 2.75) is 27.7 Å². The van der Waals surface area contributed by atoms with Gasteiger partial charge in [-0.25, -0.2) is 9.69 Å². The van der Waals surface area contributed by atoms with Gasteiger partial charge in [0.05, 0.1) is 14.6 Å². The molecule has 3 aromatic carbocycles. The first-order chi connectivity index (χ1) is 18.4. The topological polar surface area (TPSA) is 105 Å². The van der Waals surface area contributed by atoms with E-state index in [1.165, 1.54) is 6.08 Å². The molecule has 200 valence electrons. The number of urea groups is 1. The molecule has 8 nitrogen and oxygen atoms in total. The lowest BCUT2D eigenvalue weighted by molar-refractivity contribution is -0.122. The zero-order valence-electron chi connectivity index (χ0n) is 21.6. The number of carbonyl (C=O) groups excluding carboxylic acids is 4. The number of imide groups is 2. The van der Waals surface area contributed by atoms with Crippen molar-refractivity contribution in [2.75, 3.05) is 16.8 Å². The van der Waals surface area contributed by atoms with E-state index in [4.69, 9.17) is 4.74 Å². The lowest BCUT2D eigenvalue weighted by Gasteiger charge is -2.27. The molecular weight excluding hydrogens is 630 g/mol. The average Bonchev–Trinajstić information content (AvgIpc) is 2.85. The number of benzene rings is 3. The number of anilines is 2. The Balaban J connectivity index is 1.53. The van der Waals surface area contributed by atoms with Gasteiger partial charge < -0.3 is 10.1 Å². The molecule has 1 aliphatic heterocycles. The summed E-state index contributed by atoms with van der Waals surface area (Å²) < 4.78 is 6.73. The first kappa shape index (κ1) is 28.3. The SMILES string of the molecule is Cc1ccc(C)c(NC(=O)COc2c(Br)cc(/C=C3/C(=O)NC(=O)N(c4ccc(C)c(C)c4)C3=O)cc2Br)c1. The highest BCUT2D eigenvalue weighted by Gasteiger charge is 2.37. The molecule has 0 aromatic heterocycles. The van der Waals surface area contributed by atoms with Crippen LogP contribution < -0.4 is 20.3 Å². The van der Waals surface area contributed by atoms with Gasteiger partial charge in [0, 0.05) is 5.69 Å². The van der Waals surface area contributed by atoms with Gasteiger partial charge in [-0.1, -0.05) is 18.2 Å². The summed E-state index contributed by atoms with van der Waals surface area (Å²) in [5.74, 6) is -1.47. The highest BCUT2D eigenvalue weighted by Crippen LogP contribution is 2.36. The standard InChI is InChI=1S/C29H25Br2N3O5/c1-15-5-6-17(3)24(9-15)32-25(35)14-39-26-22(30)12-19(13-23(26)31)11-21-27(36)33-29(38)34(28(21)37)20-8-7-16(2)18(4)10-20/h5-13H,14H2,1-4H3,(H,32,35)(H,33,36,38)/b21-11-. The van der Waals surface area contributed by atoms with Crippen LogP contribution in [0, 0.1) is 27.7 Å². The number of hydrogen-bond donors (Lipinski definition) is 2. The van der Waals surface area contributed by atoms with Crippen molar-refractivity contribution >= 4 is 73.1 Å². The number of rotatable bonds is 6. The third kappa shape index (κ3) is 6.29. The smallest absolute Gasteiger partial charge is 0.335 e. The van der Waals surface area contributed by atoms with Crippen molar-refractivity contribution in [1.29, 1.82) is 0 Å². The van der Waals surface area contributed by atoms with E-state index in [9.17, 15) is 19.2 Å². The number of barbiturate groups is 1. The molecule has 1 heterocycles. The van der Waals surface area contributed by atoms with Gasteiger partial charge in [-0.15, -0.1) is 0 Å². The maximum atomic E-state index is 13.2. The van der Waals surface area contributed by atoms with Crippen LogP contribution in [0.5, 0.6) is 5.75 Å². The maximum Gasteiger partial charge on any atom is 0.335 e. The monoisotopic (exact) mass is 653 g/mol. The summed E-state index contributed by atoms with van der Waals surface area (Å²) in [6.45, 7) is 7.41. The maximum absolute atomic E-state index is 13.2. The van der Waals surface area contributed by atoms with E-state index in [0.29, 0.717) is 31.6 Å². The summed E-state index contributed by atoms with van der Waals surface area (Å²) in [6, 6.07) is 13.4. The quantitative estimate of drug-likeness (QED) is 0.246. The zero-order chi connectivity index (χ0) is 28.4. The molecule has 3 aromatic rings. The van der Waals surface area contributed by atoms with Crippen LogP contribution in [0.1, 0.15) is 27.8 Å². The Kier molecular flexibility index (Phi) is 8.36. The van der Waals surface area contributed by atoms with Gasteiger partial charge in [0.15, 0.2) is 6.61 Å². The van der Waals surface area contributed by atoms with Crippen LogP contribution >= 0.6 is 31.9 Å². The molecule has 1 saturated heterocycles. The van der Waals surface area contributed by atoms with Crippen molar-refractivity contribution in [1.82, 2.24) is 5.32 Å². The van der Waals surface area contributed by atoms with Crippen LogP contribution in [0.15, 0.2) is 63.0 Å². The fourth-order valence-electron chi connectivity index (χ4n) is 3.92. The van der Waals surface area contributed by atoms with Crippen LogP contribution in [0.2, 0.25) is 0 Å². The summed E-state index contributed by atoms with van der Waals surface area (Å²) >= 11 is 6.88. The molecule has 10 heteroatoms. The first-order valence-corrected chi connectivity index (χ1v) is 13.5. The van der Waals surface area contributed by atoms with E-state index >= 15 is 0 Å². The molecular formula is C29H25Br2N3O5. The Bertz CT molecular complexity index is 1540. The Labute approximate surface area is 242 Å². The molecule has 0 bridgehead atoms. The fraction of sp³-hybridized carbons (Fsp3) is 0.172. The molecule has 0 unspecified atom stereocenters. The van der Waals surface area contributed by atoms with E-state index in [1.54, 1.807) is 30.3 Å². The summed E-state index contributed by atoms with van der Waals surface area (Å²) in [4.78, 5) is 51.8. The molecule has 5 amide bonds. The number of nitrogens with one attached hydrogen (secondary N) is 2. The minimum absolute atomic E-state index is 0.201. The largest absolute Gasteiger partial charge is 0.481 e. The van der Waals surface area contributed by atoms with Gasteiger partial charge >= 0.3 is 6.03 Å². The minimum atomic E-state index is -0.810. The second kappa shape index (κ2) is 11.5. The highest BCUT2D eigenvalue weighted by molar-refractivity contribution is 9.11. The molecule has 2 N–H and O–H groups in total. The van der Waals surface area contributed by atoms with Crippen molar-refractivity contribution in [3.63, 3.8) is 0 Å². The molecule has 1 aliphatic rings. The van der Waals surface area contributed by atoms with E-state index in [0.717, 1.165) is 27.2 Å². The van der Waals surface area contributed by atoms with Gasteiger partial charge in [0.2, 0.25) is 0 Å². The van der Waals surface area contributed by atoms with Crippen LogP contribution in [0.4, 0.5) is 16.2 Å². The molecule has 4 rings (SSSR count). The van der Waals surface area contributed by atoms with Gasteiger partial charge in [-0.2, -0.15) is 0 Å². The third-order valence-corrected chi connectivity index (χ3v) is 7.37. The van der Waals surface area contributed by atoms with E-state index in [-0.39, 0.29) is 18.1 Å². The van der Waals surface area contributed by atoms with Gasteiger partial charge in [0.25, 0.3) is 17.7 Å². The van der Waals surface area contributed by atoms with Crippen molar-refractivity contribution in [2.24, 2.45) is 0 Å². The fourth-order valence-corrected chi connectivity index (χ4v) is 5.37. The second-order valence-corrected chi connectivity index (χ2v) is 10.9. The van der Waals surface area contributed by atoms with E-state index in [2.05, 4.69) is 42.5 Å². The van der Waals surface area contributed by atoms with Crippen LogP contribution in [0.3, 0.4) is 0 Å². The number of aryl methyl sites for hydroxylation is 4. The van der Waals surface area contributed by atoms with E-state index in [1.807, 2.05) is 45.9 Å². The zero-order valence-corrected chi connectivity index (χ0v) is 24.8. The molecule has 0 radical (unpaired) electrons. The lowest BCUT2D eigenvalue weighted by Crippen LogP contribution is -2.54. The van der Waals surface area contributed by atoms with Crippen LogP contribution in [0.25, 0.3) is 6.08 Å². The number of carbonyl (C=O) groups is 4. The van der Waals surface area contributed by atoms with E-state index < -0.39 is 17.8 Å². The van der Waals surface area contributed by atoms with Crippen LogP contribution in [-0.2, 0) is 14.4 Å². The first-order valence-electron chi connectivity index (χ1n) is 11.9. The predicted octanol–water partition coefficient (Wildman–Crippen LogP) is 6.13. The molecule has 0 aliphatic carbocycles. The molecule has 0 saturated carbocycles.